The number of aliphatic imine (C=N–C) groups is 1. The van der Waals surface area contributed by atoms with Crippen LogP contribution in [0, 0.1) is 0 Å². The van der Waals surface area contributed by atoms with Crippen molar-refractivity contribution in [3.05, 3.63) is 0 Å². The van der Waals surface area contributed by atoms with E-state index in [9.17, 15) is 9.59 Å². The van der Waals surface area contributed by atoms with Crippen LogP contribution in [0.1, 0.15) is 20.3 Å². The maximum atomic E-state index is 11.1. The lowest BCUT2D eigenvalue weighted by molar-refractivity contribution is -0.893. The van der Waals surface area contributed by atoms with E-state index in [0.29, 0.717) is 5.17 Å². The number of nitrogens with zero attached hydrogens (tertiary/aromatic N) is 1. The first kappa shape index (κ1) is 13.2. The van der Waals surface area contributed by atoms with Crippen LogP contribution in [-0.2, 0) is 9.59 Å². The highest BCUT2D eigenvalue weighted by atomic mass is 32.2. The average Bonchev–Trinajstić information content (AvgIpc) is 2.23. The number of nitrogens with one attached hydrogen (secondary N) is 2. The summed E-state index contributed by atoms with van der Waals surface area (Å²) in [4.78, 5) is 27.4. The van der Waals surface area contributed by atoms with Crippen molar-refractivity contribution in [1.82, 2.24) is 5.32 Å². The number of quaternary nitrogens is 1. The standard InChI is InChI=1S/C10H17N3O2S/c1-3-13(4-2)5-6-16-10-11-8(14)7-9(15)12-10/h3-7H2,1-2H3,(H,11,12,14,15)/p+1. The zero-order valence-corrected chi connectivity index (χ0v) is 10.5. The lowest BCUT2D eigenvalue weighted by Crippen LogP contribution is -3.11. The van der Waals surface area contributed by atoms with E-state index in [0.717, 1.165) is 25.4 Å². The number of amides is 2. The van der Waals surface area contributed by atoms with Crippen LogP contribution in [0.5, 0.6) is 0 Å². The van der Waals surface area contributed by atoms with Gasteiger partial charge in [0.25, 0.3) is 5.91 Å². The van der Waals surface area contributed by atoms with Crippen LogP contribution in [0.15, 0.2) is 4.99 Å². The Morgan fingerprint density at radius 3 is 2.62 bits per heavy atom. The van der Waals surface area contributed by atoms with Gasteiger partial charge in [-0.1, -0.05) is 11.8 Å². The normalized spacial score (nSPS) is 16.3. The molecule has 1 aliphatic rings. The second-order valence-electron chi connectivity index (χ2n) is 3.59. The van der Waals surface area contributed by atoms with Crippen molar-refractivity contribution in [1.29, 1.82) is 0 Å². The quantitative estimate of drug-likeness (QED) is 0.613. The molecule has 0 aromatic rings. The summed E-state index contributed by atoms with van der Waals surface area (Å²) in [5, 5.41) is 3.05. The first-order valence-corrected chi connectivity index (χ1v) is 6.52. The fraction of sp³-hybridized carbons (Fsp3) is 0.700. The van der Waals surface area contributed by atoms with Crippen LogP contribution >= 0.6 is 11.8 Å². The fourth-order valence-electron chi connectivity index (χ4n) is 1.45. The second-order valence-corrected chi connectivity index (χ2v) is 4.67. The van der Waals surface area contributed by atoms with Gasteiger partial charge in [0.2, 0.25) is 5.91 Å². The van der Waals surface area contributed by atoms with Gasteiger partial charge < -0.3 is 10.2 Å². The molecule has 6 heteroatoms. The highest BCUT2D eigenvalue weighted by Crippen LogP contribution is 2.05. The summed E-state index contributed by atoms with van der Waals surface area (Å²) in [6.07, 6.45) is -0.120. The summed E-state index contributed by atoms with van der Waals surface area (Å²) in [5.74, 6) is 0.266. The van der Waals surface area contributed by atoms with Gasteiger partial charge in [-0.15, -0.1) is 0 Å². The molecule has 0 saturated heterocycles. The number of carbonyl (C=O) groups is 2. The Kier molecular flexibility index (Phi) is 5.48. The van der Waals surface area contributed by atoms with Crippen molar-refractivity contribution in [2.75, 3.05) is 25.4 Å². The molecule has 0 saturated carbocycles. The smallest absolute Gasteiger partial charge is 0.257 e. The summed E-state index contributed by atoms with van der Waals surface area (Å²) in [5.41, 5.74) is 0. The summed E-state index contributed by atoms with van der Waals surface area (Å²) in [7, 11) is 0. The highest BCUT2D eigenvalue weighted by molar-refractivity contribution is 8.13. The molecule has 2 N–H and O–H groups in total. The molecule has 0 aliphatic carbocycles. The number of amidine groups is 1. The SMILES string of the molecule is CC[NH+](CC)CCSC1=NC(=O)CC(=O)N1. The Morgan fingerprint density at radius 1 is 1.38 bits per heavy atom. The third-order valence-corrected chi connectivity index (χ3v) is 3.35. The Hall–Kier alpha value is -0.880. The molecule has 0 atom stereocenters. The van der Waals surface area contributed by atoms with Crippen LogP contribution in [0.3, 0.4) is 0 Å². The van der Waals surface area contributed by atoms with Gasteiger partial charge in [0.1, 0.15) is 6.42 Å². The molecular formula is C10H18N3O2S+. The minimum Gasteiger partial charge on any atom is -0.335 e. The highest BCUT2D eigenvalue weighted by Gasteiger charge is 2.18. The molecule has 0 aromatic carbocycles. The van der Waals surface area contributed by atoms with E-state index < -0.39 is 0 Å². The minimum absolute atomic E-state index is 0.120. The Labute approximate surface area is 99.7 Å². The van der Waals surface area contributed by atoms with E-state index in [2.05, 4.69) is 24.2 Å². The Morgan fingerprint density at radius 2 is 2.06 bits per heavy atom. The molecule has 1 rings (SSSR count). The topological polar surface area (TPSA) is 63.0 Å². The molecule has 0 spiro atoms. The van der Waals surface area contributed by atoms with E-state index in [1.165, 1.54) is 16.7 Å². The summed E-state index contributed by atoms with van der Waals surface area (Å²) < 4.78 is 0. The maximum absolute atomic E-state index is 11.1. The van der Waals surface area contributed by atoms with Crippen LogP contribution in [0.2, 0.25) is 0 Å². The van der Waals surface area contributed by atoms with Gasteiger partial charge in [0, 0.05) is 0 Å². The van der Waals surface area contributed by atoms with E-state index in [1.54, 1.807) is 0 Å². The molecule has 1 heterocycles. The van der Waals surface area contributed by atoms with E-state index in [-0.39, 0.29) is 18.2 Å². The monoisotopic (exact) mass is 244 g/mol. The van der Waals surface area contributed by atoms with E-state index >= 15 is 0 Å². The van der Waals surface area contributed by atoms with Gasteiger partial charge >= 0.3 is 0 Å². The van der Waals surface area contributed by atoms with E-state index in [4.69, 9.17) is 0 Å². The predicted octanol–water partition coefficient (Wildman–Crippen LogP) is -0.953. The first-order valence-electron chi connectivity index (χ1n) is 5.53. The van der Waals surface area contributed by atoms with Crippen LogP contribution in [0.4, 0.5) is 0 Å². The summed E-state index contributed by atoms with van der Waals surface area (Å²) in [6, 6.07) is 0. The van der Waals surface area contributed by atoms with Crippen molar-refractivity contribution in [2.45, 2.75) is 20.3 Å². The van der Waals surface area contributed by atoms with Gasteiger partial charge in [0.05, 0.1) is 25.4 Å². The second kappa shape index (κ2) is 6.65. The lowest BCUT2D eigenvalue weighted by Gasteiger charge is -2.16. The molecule has 16 heavy (non-hydrogen) atoms. The summed E-state index contributed by atoms with van der Waals surface area (Å²) >= 11 is 1.44. The maximum Gasteiger partial charge on any atom is 0.257 e. The van der Waals surface area contributed by atoms with Crippen molar-refractivity contribution in [3.63, 3.8) is 0 Å². The largest absolute Gasteiger partial charge is 0.335 e. The van der Waals surface area contributed by atoms with Gasteiger partial charge in [-0.25, -0.2) is 0 Å². The molecule has 1 aliphatic heterocycles. The van der Waals surface area contributed by atoms with Crippen molar-refractivity contribution in [3.8, 4) is 0 Å². The van der Waals surface area contributed by atoms with Crippen LogP contribution in [-0.4, -0.2) is 42.4 Å². The number of thioether (sulfide) groups is 1. The third-order valence-electron chi connectivity index (χ3n) is 2.48. The molecule has 90 valence electrons. The summed E-state index contributed by atoms with van der Waals surface area (Å²) in [6.45, 7) is 7.49. The minimum atomic E-state index is -0.346. The zero-order chi connectivity index (χ0) is 12.0. The first-order chi connectivity index (χ1) is 7.65. The number of rotatable bonds is 5. The molecule has 0 bridgehead atoms. The molecule has 0 aromatic heterocycles. The van der Waals surface area contributed by atoms with Crippen molar-refractivity contribution < 1.29 is 14.5 Å². The molecule has 0 fully saturated rings. The average molecular weight is 244 g/mol. The van der Waals surface area contributed by atoms with Crippen LogP contribution < -0.4 is 10.2 Å². The third kappa shape index (κ3) is 4.32. The number of hydrogen-bond acceptors (Lipinski definition) is 3. The van der Waals surface area contributed by atoms with Gasteiger partial charge in [-0.05, 0) is 13.8 Å². The molecule has 2 amide bonds. The number of carbonyl (C=O) groups excluding carboxylic acids is 2. The van der Waals surface area contributed by atoms with Gasteiger partial charge in [-0.3, -0.25) is 9.59 Å². The molecule has 0 unspecified atom stereocenters. The molecule has 0 radical (unpaired) electrons. The van der Waals surface area contributed by atoms with Crippen molar-refractivity contribution in [2.24, 2.45) is 4.99 Å². The van der Waals surface area contributed by atoms with E-state index in [1.807, 2.05) is 0 Å². The fourth-order valence-corrected chi connectivity index (χ4v) is 2.38. The number of hydrogen-bond donors (Lipinski definition) is 2. The predicted molar refractivity (Wildman–Crippen MR) is 64.6 cm³/mol. The Balaban J connectivity index is 2.32. The Bertz CT molecular complexity index is 300. The molecular weight excluding hydrogens is 226 g/mol. The van der Waals surface area contributed by atoms with Crippen molar-refractivity contribution >= 4 is 28.7 Å². The van der Waals surface area contributed by atoms with Gasteiger partial charge in [-0.2, -0.15) is 4.99 Å². The van der Waals surface area contributed by atoms with Gasteiger partial charge in [0.15, 0.2) is 5.17 Å². The molecule has 5 nitrogen and oxygen atoms in total. The lowest BCUT2D eigenvalue weighted by atomic mass is 10.4. The zero-order valence-electron chi connectivity index (χ0n) is 9.71. The van der Waals surface area contributed by atoms with Crippen LogP contribution in [0.25, 0.3) is 0 Å².